The smallest absolute Gasteiger partial charge is 0.306 e. The van der Waals surface area contributed by atoms with Crippen molar-refractivity contribution in [2.75, 3.05) is 6.61 Å². The number of hydrogen-bond donors (Lipinski definition) is 0. The Labute approximate surface area is 157 Å². The molecule has 0 spiro atoms. The molecule has 0 saturated carbocycles. The summed E-state index contributed by atoms with van der Waals surface area (Å²) in [6.45, 7) is 3.60. The SMILES string of the molecule is CCOC(=O)CCc1cc(F)cc(-c2cc(C(C)=O)cc3ccccc23)c1. The summed E-state index contributed by atoms with van der Waals surface area (Å²) < 4.78 is 19.2. The maximum atomic E-state index is 14.3. The molecule has 0 N–H and O–H groups in total. The molecule has 0 amide bonds. The van der Waals surface area contributed by atoms with Gasteiger partial charge in [0, 0.05) is 12.0 Å². The van der Waals surface area contributed by atoms with Crippen LogP contribution in [0.25, 0.3) is 21.9 Å². The zero-order valence-corrected chi connectivity index (χ0v) is 15.4. The monoisotopic (exact) mass is 364 g/mol. The van der Waals surface area contributed by atoms with Crippen molar-refractivity contribution in [2.45, 2.75) is 26.7 Å². The number of ether oxygens (including phenoxy) is 1. The van der Waals surface area contributed by atoms with Gasteiger partial charge in [0.25, 0.3) is 0 Å². The molecule has 0 radical (unpaired) electrons. The third-order valence-electron chi connectivity index (χ3n) is 4.46. The van der Waals surface area contributed by atoms with E-state index in [-0.39, 0.29) is 24.0 Å². The van der Waals surface area contributed by atoms with Gasteiger partial charge in [-0.15, -0.1) is 0 Å². The molecule has 138 valence electrons. The summed E-state index contributed by atoms with van der Waals surface area (Å²) in [6, 6.07) is 16.1. The van der Waals surface area contributed by atoms with Crippen LogP contribution in [-0.2, 0) is 16.0 Å². The molecule has 0 aliphatic rings. The van der Waals surface area contributed by atoms with Gasteiger partial charge in [0.1, 0.15) is 5.82 Å². The lowest BCUT2D eigenvalue weighted by Crippen LogP contribution is -2.05. The Morgan fingerprint density at radius 3 is 2.56 bits per heavy atom. The number of hydrogen-bond acceptors (Lipinski definition) is 3. The Morgan fingerprint density at radius 1 is 1.04 bits per heavy atom. The number of esters is 1. The highest BCUT2D eigenvalue weighted by molar-refractivity contribution is 6.04. The molecule has 0 saturated heterocycles. The van der Waals surface area contributed by atoms with Gasteiger partial charge in [0.05, 0.1) is 6.61 Å². The highest BCUT2D eigenvalue weighted by atomic mass is 19.1. The number of halogens is 1. The van der Waals surface area contributed by atoms with E-state index in [1.54, 1.807) is 13.0 Å². The van der Waals surface area contributed by atoms with Crippen molar-refractivity contribution < 1.29 is 18.7 Å². The number of aryl methyl sites for hydroxylation is 1. The van der Waals surface area contributed by atoms with E-state index in [0.29, 0.717) is 24.2 Å². The van der Waals surface area contributed by atoms with Gasteiger partial charge in [-0.3, -0.25) is 9.59 Å². The molecule has 27 heavy (non-hydrogen) atoms. The van der Waals surface area contributed by atoms with E-state index >= 15 is 0 Å². The molecule has 3 aromatic carbocycles. The quantitative estimate of drug-likeness (QED) is 0.438. The third-order valence-corrected chi connectivity index (χ3v) is 4.46. The molecular formula is C23H21FO3. The van der Waals surface area contributed by atoms with Crippen LogP contribution in [0.3, 0.4) is 0 Å². The van der Waals surface area contributed by atoms with Crippen LogP contribution in [0.1, 0.15) is 36.2 Å². The molecule has 0 heterocycles. The summed E-state index contributed by atoms with van der Waals surface area (Å²) in [5.41, 5.74) is 2.79. The molecule has 0 aliphatic heterocycles. The largest absolute Gasteiger partial charge is 0.466 e. The normalized spacial score (nSPS) is 10.8. The lowest BCUT2D eigenvalue weighted by atomic mass is 9.93. The minimum Gasteiger partial charge on any atom is -0.466 e. The molecular weight excluding hydrogens is 343 g/mol. The number of ketones is 1. The van der Waals surface area contributed by atoms with Crippen LogP contribution in [-0.4, -0.2) is 18.4 Å². The van der Waals surface area contributed by atoms with E-state index in [9.17, 15) is 14.0 Å². The van der Waals surface area contributed by atoms with Crippen molar-refractivity contribution in [1.82, 2.24) is 0 Å². The summed E-state index contributed by atoms with van der Waals surface area (Å²) in [7, 11) is 0. The minimum atomic E-state index is -0.372. The van der Waals surface area contributed by atoms with Crippen LogP contribution in [0.15, 0.2) is 54.6 Å². The number of Topliss-reactive ketones (excluding diaryl/α,β-unsaturated/α-hetero) is 1. The zero-order chi connectivity index (χ0) is 19.4. The Balaban J connectivity index is 2.05. The van der Waals surface area contributed by atoms with Crippen molar-refractivity contribution in [3.63, 3.8) is 0 Å². The summed E-state index contributed by atoms with van der Waals surface area (Å²) >= 11 is 0. The third kappa shape index (κ3) is 4.40. The van der Waals surface area contributed by atoms with Gasteiger partial charge in [-0.25, -0.2) is 4.39 Å². The van der Waals surface area contributed by atoms with Crippen LogP contribution in [0.4, 0.5) is 4.39 Å². The molecule has 3 aromatic rings. The molecule has 0 bridgehead atoms. The average molecular weight is 364 g/mol. The first-order valence-corrected chi connectivity index (χ1v) is 8.97. The Hall–Kier alpha value is -3.01. The fraction of sp³-hybridized carbons (Fsp3) is 0.217. The highest BCUT2D eigenvalue weighted by Crippen LogP contribution is 2.32. The van der Waals surface area contributed by atoms with E-state index in [0.717, 1.165) is 21.9 Å². The molecule has 4 heteroatoms. The standard InChI is InChI=1S/C23H21FO3/c1-3-27-23(26)9-8-16-10-19(13-20(24)11-16)22-14-18(15(2)25)12-17-6-4-5-7-21(17)22/h4-7,10-14H,3,8-9H2,1-2H3. The summed E-state index contributed by atoms with van der Waals surface area (Å²) in [6.07, 6.45) is 0.596. The highest BCUT2D eigenvalue weighted by Gasteiger charge is 2.12. The predicted molar refractivity (Wildman–Crippen MR) is 104 cm³/mol. The maximum Gasteiger partial charge on any atom is 0.306 e. The van der Waals surface area contributed by atoms with Gasteiger partial charge >= 0.3 is 5.97 Å². The van der Waals surface area contributed by atoms with Crippen molar-refractivity contribution in [1.29, 1.82) is 0 Å². The molecule has 3 nitrogen and oxygen atoms in total. The number of benzene rings is 3. The molecule has 0 fully saturated rings. The number of carbonyl (C=O) groups excluding carboxylic acids is 2. The summed E-state index contributed by atoms with van der Waals surface area (Å²) in [5.74, 6) is -0.711. The van der Waals surface area contributed by atoms with E-state index in [1.165, 1.54) is 19.1 Å². The molecule has 0 unspecified atom stereocenters. The fourth-order valence-electron chi connectivity index (χ4n) is 3.18. The van der Waals surface area contributed by atoms with Crippen LogP contribution >= 0.6 is 0 Å². The van der Waals surface area contributed by atoms with E-state index in [1.807, 2.05) is 36.4 Å². The van der Waals surface area contributed by atoms with Crippen molar-refractivity contribution in [2.24, 2.45) is 0 Å². The van der Waals surface area contributed by atoms with Crippen molar-refractivity contribution in [3.05, 3.63) is 71.5 Å². The molecule has 0 atom stereocenters. The van der Waals surface area contributed by atoms with Gasteiger partial charge in [-0.2, -0.15) is 0 Å². The number of fused-ring (bicyclic) bond motifs is 1. The van der Waals surface area contributed by atoms with Crippen LogP contribution in [0.5, 0.6) is 0 Å². The van der Waals surface area contributed by atoms with Crippen LogP contribution in [0.2, 0.25) is 0 Å². The first kappa shape index (κ1) is 18.8. The first-order chi connectivity index (χ1) is 13.0. The molecule has 0 aromatic heterocycles. The molecule has 0 aliphatic carbocycles. The first-order valence-electron chi connectivity index (χ1n) is 8.97. The molecule has 3 rings (SSSR count). The summed E-state index contributed by atoms with van der Waals surface area (Å²) in [4.78, 5) is 23.5. The van der Waals surface area contributed by atoms with Crippen molar-refractivity contribution >= 4 is 22.5 Å². The lowest BCUT2D eigenvalue weighted by Gasteiger charge is -2.11. The Morgan fingerprint density at radius 2 is 1.81 bits per heavy atom. The van der Waals surface area contributed by atoms with Gasteiger partial charge in [0.2, 0.25) is 0 Å². The van der Waals surface area contributed by atoms with Crippen molar-refractivity contribution in [3.8, 4) is 11.1 Å². The lowest BCUT2D eigenvalue weighted by molar-refractivity contribution is -0.143. The van der Waals surface area contributed by atoms with Crippen LogP contribution in [0, 0.1) is 5.82 Å². The second kappa shape index (κ2) is 8.12. The number of carbonyl (C=O) groups is 2. The van der Waals surface area contributed by atoms with Crippen LogP contribution < -0.4 is 0 Å². The van der Waals surface area contributed by atoms with E-state index in [2.05, 4.69) is 0 Å². The maximum absolute atomic E-state index is 14.3. The number of rotatable bonds is 6. The Bertz CT molecular complexity index is 1010. The summed E-state index contributed by atoms with van der Waals surface area (Å²) in [5, 5.41) is 1.88. The van der Waals surface area contributed by atoms with E-state index in [4.69, 9.17) is 4.74 Å². The second-order valence-corrected chi connectivity index (χ2v) is 6.45. The van der Waals surface area contributed by atoms with Gasteiger partial charge in [-0.05, 0) is 72.0 Å². The Kier molecular flexibility index (Phi) is 5.65. The van der Waals surface area contributed by atoms with Gasteiger partial charge < -0.3 is 4.74 Å². The second-order valence-electron chi connectivity index (χ2n) is 6.45. The average Bonchev–Trinajstić information content (AvgIpc) is 2.65. The predicted octanol–water partition coefficient (Wildman–Crippen LogP) is 5.34. The minimum absolute atomic E-state index is 0.0408. The van der Waals surface area contributed by atoms with Gasteiger partial charge in [0.15, 0.2) is 5.78 Å². The fourth-order valence-corrected chi connectivity index (χ4v) is 3.18. The van der Waals surface area contributed by atoms with E-state index < -0.39 is 0 Å². The van der Waals surface area contributed by atoms with Gasteiger partial charge in [-0.1, -0.05) is 30.3 Å². The zero-order valence-electron chi connectivity index (χ0n) is 15.4. The topological polar surface area (TPSA) is 43.4 Å².